The van der Waals surface area contributed by atoms with Gasteiger partial charge in [0, 0.05) is 43.1 Å². The zero-order chi connectivity index (χ0) is 14.0. The summed E-state index contributed by atoms with van der Waals surface area (Å²) in [5.74, 6) is 0. The van der Waals surface area contributed by atoms with Crippen LogP contribution in [0.4, 0.5) is 0 Å². The number of aryl methyl sites for hydroxylation is 1. The van der Waals surface area contributed by atoms with Gasteiger partial charge in [0.25, 0.3) is 0 Å². The molecule has 1 aliphatic heterocycles. The van der Waals surface area contributed by atoms with Gasteiger partial charge in [-0.15, -0.1) is 11.3 Å². The minimum atomic E-state index is 0.281. The molecule has 0 aliphatic carbocycles. The predicted molar refractivity (Wildman–Crippen MR) is 83.8 cm³/mol. The predicted octanol–water partition coefficient (Wildman–Crippen LogP) is 2.47. The molecule has 2 heterocycles. The first-order valence-electron chi connectivity index (χ1n) is 7.16. The summed E-state index contributed by atoms with van der Waals surface area (Å²) in [4.78, 5) is 6.58. The summed E-state index contributed by atoms with van der Waals surface area (Å²) in [6, 6.07) is 2.61. The van der Waals surface area contributed by atoms with E-state index in [1.54, 1.807) is 0 Å². The molecule has 1 unspecified atom stereocenters. The normalized spacial score (nSPS) is 20.7. The highest BCUT2D eigenvalue weighted by Gasteiger charge is 2.29. The van der Waals surface area contributed by atoms with E-state index in [4.69, 9.17) is 5.73 Å². The summed E-state index contributed by atoms with van der Waals surface area (Å²) in [6.45, 7) is 14.3. The summed E-state index contributed by atoms with van der Waals surface area (Å²) in [5.41, 5.74) is 7.70. The summed E-state index contributed by atoms with van der Waals surface area (Å²) in [7, 11) is 0. The van der Waals surface area contributed by atoms with E-state index in [1.165, 1.54) is 10.4 Å². The van der Waals surface area contributed by atoms with Gasteiger partial charge in [0.15, 0.2) is 0 Å². The van der Waals surface area contributed by atoms with Crippen molar-refractivity contribution in [3.63, 3.8) is 0 Å². The lowest BCUT2D eigenvalue weighted by atomic mass is 10.0. The van der Waals surface area contributed by atoms with Crippen LogP contribution in [0.25, 0.3) is 0 Å². The van der Waals surface area contributed by atoms with Crippen molar-refractivity contribution < 1.29 is 0 Å². The van der Waals surface area contributed by atoms with Crippen LogP contribution in [-0.4, -0.2) is 48.1 Å². The Kier molecular flexibility index (Phi) is 4.66. The minimum absolute atomic E-state index is 0.281. The number of thiophene rings is 1. The molecule has 0 spiro atoms. The molecule has 108 valence electrons. The fourth-order valence-electron chi connectivity index (χ4n) is 2.85. The van der Waals surface area contributed by atoms with Crippen molar-refractivity contribution in [2.45, 2.75) is 39.3 Å². The van der Waals surface area contributed by atoms with Gasteiger partial charge in [0.2, 0.25) is 0 Å². The Bertz CT molecular complexity index is 400. The second-order valence-electron chi connectivity index (χ2n) is 6.41. The van der Waals surface area contributed by atoms with Crippen LogP contribution >= 0.6 is 11.3 Å². The highest BCUT2D eigenvalue weighted by Crippen LogP contribution is 2.29. The molecular weight excluding hydrogens is 254 g/mol. The molecule has 3 nitrogen and oxygen atoms in total. The van der Waals surface area contributed by atoms with E-state index < -0.39 is 0 Å². The molecule has 0 radical (unpaired) electrons. The van der Waals surface area contributed by atoms with Gasteiger partial charge in [-0.05, 0) is 44.7 Å². The fourth-order valence-corrected chi connectivity index (χ4v) is 3.93. The van der Waals surface area contributed by atoms with Gasteiger partial charge in [-0.1, -0.05) is 0 Å². The minimum Gasteiger partial charge on any atom is -0.329 e. The molecule has 1 aromatic heterocycles. The van der Waals surface area contributed by atoms with Crippen LogP contribution in [0.1, 0.15) is 37.3 Å². The van der Waals surface area contributed by atoms with Crippen LogP contribution < -0.4 is 5.73 Å². The standard InChI is InChI=1S/C15H27N3S/c1-12-5-10-19-14(12)13(11-16)17-6-8-18(9-7-17)15(2,3)4/h5,10,13H,6-9,11,16H2,1-4H3. The van der Waals surface area contributed by atoms with E-state index in [1.807, 2.05) is 11.3 Å². The summed E-state index contributed by atoms with van der Waals surface area (Å²) < 4.78 is 0. The maximum absolute atomic E-state index is 6.04. The molecule has 19 heavy (non-hydrogen) atoms. The molecule has 1 aromatic rings. The zero-order valence-electron chi connectivity index (χ0n) is 12.6. The van der Waals surface area contributed by atoms with Crippen LogP contribution in [0.3, 0.4) is 0 Å². The van der Waals surface area contributed by atoms with Gasteiger partial charge in [-0.2, -0.15) is 0 Å². The lowest BCUT2D eigenvalue weighted by Crippen LogP contribution is -2.54. The first-order valence-corrected chi connectivity index (χ1v) is 8.04. The molecule has 0 bridgehead atoms. The quantitative estimate of drug-likeness (QED) is 0.924. The van der Waals surface area contributed by atoms with Crippen LogP contribution in [0.15, 0.2) is 11.4 Å². The molecule has 2 rings (SSSR count). The van der Waals surface area contributed by atoms with E-state index in [2.05, 4.69) is 48.9 Å². The molecular formula is C15H27N3S. The second kappa shape index (κ2) is 5.92. The van der Waals surface area contributed by atoms with Gasteiger partial charge >= 0.3 is 0 Å². The average molecular weight is 281 g/mol. The van der Waals surface area contributed by atoms with Crippen LogP contribution in [0.2, 0.25) is 0 Å². The topological polar surface area (TPSA) is 32.5 Å². The van der Waals surface area contributed by atoms with Crippen molar-refractivity contribution in [1.29, 1.82) is 0 Å². The van der Waals surface area contributed by atoms with Crippen molar-refractivity contribution in [2.75, 3.05) is 32.7 Å². The van der Waals surface area contributed by atoms with E-state index in [0.717, 1.165) is 32.7 Å². The van der Waals surface area contributed by atoms with Gasteiger partial charge in [-0.25, -0.2) is 0 Å². The largest absolute Gasteiger partial charge is 0.329 e. The smallest absolute Gasteiger partial charge is 0.0567 e. The molecule has 1 aliphatic rings. The average Bonchev–Trinajstić information content (AvgIpc) is 2.76. The fraction of sp³-hybridized carbons (Fsp3) is 0.733. The Balaban J connectivity index is 2.02. The first-order chi connectivity index (χ1) is 8.93. The Morgan fingerprint density at radius 1 is 1.26 bits per heavy atom. The number of nitrogens with zero attached hydrogens (tertiary/aromatic N) is 2. The van der Waals surface area contributed by atoms with Crippen molar-refractivity contribution in [2.24, 2.45) is 5.73 Å². The maximum Gasteiger partial charge on any atom is 0.0567 e. The number of rotatable bonds is 3. The molecule has 1 saturated heterocycles. The third kappa shape index (κ3) is 3.37. The van der Waals surface area contributed by atoms with Gasteiger partial charge < -0.3 is 5.73 Å². The maximum atomic E-state index is 6.04. The van der Waals surface area contributed by atoms with E-state index in [-0.39, 0.29) is 5.54 Å². The summed E-state index contributed by atoms with van der Waals surface area (Å²) >= 11 is 1.85. The van der Waals surface area contributed by atoms with Crippen LogP contribution in [0.5, 0.6) is 0 Å². The Morgan fingerprint density at radius 2 is 1.89 bits per heavy atom. The summed E-state index contributed by atoms with van der Waals surface area (Å²) in [6.07, 6.45) is 0. The van der Waals surface area contributed by atoms with Crippen molar-refractivity contribution in [1.82, 2.24) is 9.80 Å². The van der Waals surface area contributed by atoms with Crippen molar-refractivity contribution >= 4 is 11.3 Å². The van der Waals surface area contributed by atoms with Crippen molar-refractivity contribution in [3.8, 4) is 0 Å². The molecule has 1 atom stereocenters. The molecule has 2 N–H and O–H groups in total. The third-order valence-corrected chi connectivity index (χ3v) is 5.25. The number of hydrogen-bond donors (Lipinski definition) is 1. The second-order valence-corrected chi connectivity index (χ2v) is 7.36. The number of nitrogens with two attached hydrogens (primary N) is 1. The number of piperazine rings is 1. The Hall–Kier alpha value is -0.420. The molecule has 4 heteroatoms. The van der Waals surface area contributed by atoms with E-state index >= 15 is 0 Å². The lowest BCUT2D eigenvalue weighted by molar-refractivity contribution is 0.0439. The summed E-state index contributed by atoms with van der Waals surface area (Å²) in [5, 5.41) is 2.18. The number of hydrogen-bond acceptors (Lipinski definition) is 4. The Labute approximate surface area is 121 Å². The molecule has 1 fully saturated rings. The Morgan fingerprint density at radius 3 is 2.32 bits per heavy atom. The van der Waals surface area contributed by atoms with Gasteiger partial charge in [0.05, 0.1) is 6.04 Å². The van der Waals surface area contributed by atoms with Gasteiger partial charge in [0.1, 0.15) is 0 Å². The van der Waals surface area contributed by atoms with Gasteiger partial charge in [-0.3, -0.25) is 9.80 Å². The van der Waals surface area contributed by atoms with Crippen LogP contribution in [0, 0.1) is 6.92 Å². The SMILES string of the molecule is Cc1ccsc1C(CN)N1CCN(C(C)(C)C)CC1. The molecule has 0 saturated carbocycles. The molecule has 0 amide bonds. The van der Waals surface area contributed by atoms with E-state index in [0.29, 0.717) is 6.04 Å². The highest BCUT2D eigenvalue weighted by molar-refractivity contribution is 7.10. The van der Waals surface area contributed by atoms with E-state index in [9.17, 15) is 0 Å². The highest BCUT2D eigenvalue weighted by atomic mass is 32.1. The zero-order valence-corrected chi connectivity index (χ0v) is 13.5. The monoisotopic (exact) mass is 281 g/mol. The third-order valence-electron chi connectivity index (χ3n) is 4.13. The molecule has 0 aromatic carbocycles. The van der Waals surface area contributed by atoms with Crippen LogP contribution in [-0.2, 0) is 0 Å². The van der Waals surface area contributed by atoms with Crippen molar-refractivity contribution in [3.05, 3.63) is 21.9 Å². The lowest BCUT2D eigenvalue weighted by Gasteiger charge is -2.44. The first kappa shape index (κ1) is 15.0.